The summed E-state index contributed by atoms with van der Waals surface area (Å²) in [6.07, 6.45) is 0. The second kappa shape index (κ2) is 8.26. The Balaban J connectivity index is 1.65. The van der Waals surface area contributed by atoms with Gasteiger partial charge in [0.05, 0.1) is 12.6 Å². The zero-order chi connectivity index (χ0) is 21.1. The lowest BCUT2D eigenvalue weighted by Crippen LogP contribution is -2.42. The maximum absolute atomic E-state index is 12.5. The second-order valence-corrected chi connectivity index (χ2v) is 7.18. The van der Waals surface area contributed by atoms with Crippen LogP contribution < -0.4 is 5.32 Å². The van der Waals surface area contributed by atoms with Crippen molar-refractivity contribution in [1.82, 2.24) is 15.1 Å². The van der Waals surface area contributed by atoms with E-state index in [1.165, 1.54) is 0 Å². The van der Waals surface area contributed by atoms with E-state index in [4.69, 9.17) is 0 Å². The first kappa shape index (κ1) is 20.3. The van der Waals surface area contributed by atoms with E-state index in [0.29, 0.717) is 4.90 Å². The van der Waals surface area contributed by atoms with Gasteiger partial charge in [-0.15, -0.1) is 0 Å². The molecule has 1 N–H and O–H groups in total. The van der Waals surface area contributed by atoms with E-state index in [1.807, 2.05) is 45.0 Å². The van der Waals surface area contributed by atoms with E-state index in [2.05, 4.69) is 5.32 Å². The Morgan fingerprint density at radius 2 is 1.59 bits per heavy atom. The summed E-state index contributed by atoms with van der Waals surface area (Å²) in [5.41, 5.74) is 3.90. The van der Waals surface area contributed by atoms with Crippen molar-refractivity contribution in [3.05, 3.63) is 70.8 Å². The van der Waals surface area contributed by atoms with Gasteiger partial charge in [-0.3, -0.25) is 19.3 Å². The SMILES string of the molecule is Cc1ccc([C@H](C)NC(=O)CN2C(=O)C(=O)N(Cc3ccccc3)C2=O)cc1C. The number of imide groups is 2. The van der Waals surface area contributed by atoms with Crippen LogP contribution in [-0.2, 0) is 20.9 Å². The van der Waals surface area contributed by atoms with Gasteiger partial charge in [-0.1, -0.05) is 48.5 Å². The third-order valence-electron chi connectivity index (χ3n) is 5.03. The number of nitrogens with one attached hydrogen (secondary N) is 1. The van der Waals surface area contributed by atoms with Crippen LogP contribution in [0.15, 0.2) is 48.5 Å². The number of urea groups is 1. The lowest BCUT2D eigenvalue weighted by atomic mass is 10.0. The van der Waals surface area contributed by atoms with Crippen molar-refractivity contribution in [3.63, 3.8) is 0 Å². The summed E-state index contributed by atoms with van der Waals surface area (Å²) >= 11 is 0. The van der Waals surface area contributed by atoms with Crippen LogP contribution in [-0.4, -0.2) is 40.1 Å². The molecule has 0 unspecified atom stereocenters. The Morgan fingerprint density at radius 3 is 2.24 bits per heavy atom. The first-order chi connectivity index (χ1) is 13.8. The minimum absolute atomic E-state index is 0.0125. The van der Waals surface area contributed by atoms with Crippen LogP contribution >= 0.6 is 0 Å². The van der Waals surface area contributed by atoms with Gasteiger partial charge in [-0.25, -0.2) is 9.69 Å². The Labute approximate surface area is 169 Å². The maximum atomic E-state index is 12.5. The van der Waals surface area contributed by atoms with Crippen LogP contribution in [0.5, 0.6) is 0 Å². The molecular weight excluding hydrogens is 370 g/mol. The standard InChI is InChI=1S/C22H23N3O4/c1-14-9-10-18(11-15(14)2)16(3)23-19(26)13-25-21(28)20(27)24(22(25)29)12-17-7-5-4-6-8-17/h4-11,16H,12-13H2,1-3H3,(H,23,26)/t16-/m0/s1. The van der Waals surface area contributed by atoms with Gasteiger partial charge in [-0.2, -0.15) is 0 Å². The van der Waals surface area contributed by atoms with E-state index >= 15 is 0 Å². The highest BCUT2D eigenvalue weighted by molar-refractivity contribution is 6.44. The van der Waals surface area contributed by atoms with Crippen LogP contribution in [0, 0.1) is 13.8 Å². The van der Waals surface area contributed by atoms with Gasteiger partial charge in [0.2, 0.25) is 5.91 Å². The zero-order valence-corrected chi connectivity index (χ0v) is 16.6. The van der Waals surface area contributed by atoms with E-state index in [0.717, 1.165) is 27.2 Å². The van der Waals surface area contributed by atoms with E-state index in [1.54, 1.807) is 24.3 Å². The Kier molecular flexibility index (Phi) is 5.77. The average Bonchev–Trinajstić information content (AvgIpc) is 2.89. The van der Waals surface area contributed by atoms with Crippen LogP contribution in [0.2, 0.25) is 0 Å². The molecule has 2 aromatic carbocycles. The molecule has 3 rings (SSSR count). The highest BCUT2D eigenvalue weighted by atomic mass is 16.2. The molecule has 1 heterocycles. The van der Waals surface area contributed by atoms with E-state index in [9.17, 15) is 19.2 Å². The number of carbonyl (C=O) groups is 4. The van der Waals surface area contributed by atoms with Gasteiger partial charge in [0.1, 0.15) is 6.54 Å². The average molecular weight is 393 g/mol. The van der Waals surface area contributed by atoms with Crippen molar-refractivity contribution in [2.45, 2.75) is 33.4 Å². The number of hydrogen-bond acceptors (Lipinski definition) is 4. The first-order valence-corrected chi connectivity index (χ1v) is 9.35. The summed E-state index contributed by atoms with van der Waals surface area (Å²) in [7, 11) is 0. The molecule has 0 aromatic heterocycles. The summed E-state index contributed by atoms with van der Waals surface area (Å²) in [6, 6.07) is 13.7. The summed E-state index contributed by atoms with van der Waals surface area (Å²) in [5, 5.41) is 2.78. The summed E-state index contributed by atoms with van der Waals surface area (Å²) in [4.78, 5) is 50.9. The molecule has 7 heteroatoms. The maximum Gasteiger partial charge on any atom is 0.335 e. The Morgan fingerprint density at radius 1 is 0.931 bits per heavy atom. The normalized spacial score (nSPS) is 15.1. The number of amides is 5. The van der Waals surface area contributed by atoms with Crippen molar-refractivity contribution >= 4 is 23.8 Å². The van der Waals surface area contributed by atoms with Gasteiger partial charge < -0.3 is 5.32 Å². The third kappa shape index (κ3) is 4.34. The van der Waals surface area contributed by atoms with Gasteiger partial charge in [-0.05, 0) is 43.0 Å². The van der Waals surface area contributed by atoms with Gasteiger partial charge in [0.15, 0.2) is 0 Å². The first-order valence-electron chi connectivity index (χ1n) is 9.35. The van der Waals surface area contributed by atoms with Gasteiger partial charge in [0, 0.05) is 0 Å². The molecular formula is C22H23N3O4. The largest absolute Gasteiger partial charge is 0.348 e. The number of carbonyl (C=O) groups excluding carboxylic acids is 4. The predicted molar refractivity (Wildman–Crippen MR) is 107 cm³/mol. The smallest absolute Gasteiger partial charge is 0.335 e. The molecule has 1 fully saturated rings. The van der Waals surface area contributed by atoms with Crippen LogP contribution in [0.3, 0.4) is 0 Å². The quantitative estimate of drug-likeness (QED) is 0.603. The van der Waals surface area contributed by atoms with Crippen LogP contribution in [0.1, 0.15) is 35.2 Å². The predicted octanol–water partition coefficient (Wildman–Crippen LogP) is 2.47. The topological polar surface area (TPSA) is 86.8 Å². The molecule has 0 bridgehead atoms. The molecule has 150 valence electrons. The van der Waals surface area contributed by atoms with Crippen molar-refractivity contribution < 1.29 is 19.2 Å². The number of hydrogen-bond donors (Lipinski definition) is 1. The summed E-state index contributed by atoms with van der Waals surface area (Å²) < 4.78 is 0. The van der Waals surface area contributed by atoms with Crippen molar-refractivity contribution in [2.75, 3.05) is 6.54 Å². The Bertz CT molecular complexity index is 971. The van der Waals surface area contributed by atoms with Gasteiger partial charge in [0.25, 0.3) is 0 Å². The minimum atomic E-state index is -0.986. The van der Waals surface area contributed by atoms with E-state index < -0.39 is 30.3 Å². The van der Waals surface area contributed by atoms with Crippen molar-refractivity contribution in [1.29, 1.82) is 0 Å². The lowest BCUT2D eigenvalue weighted by Gasteiger charge is -2.18. The Hall–Kier alpha value is -3.48. The molecule has 0 spiro atoms. The summed E-state index contributed by atoms with van der Waals surface area (Å²) in [5.74, 6) is -2.42. The summed E-state index contributed by atoms with van der Waals surface area (Å²) in [6.45, 7) is 5.31. The molecule has 0 saturated carbocycles. The molecule has 1 aliphatic heterocycles. The molecule has 1 saturated heterocycles. The lowest BCUT2D eigenvalue weighted by molar-refractivity contribution is -0.144. The third-order valence-corrected chi connectivity index (χ3v) is 5.03. The molecule has 2 aromatic rings. The minimum Gasteiger partial charge on any atom is -0.348 e. The van der Waals surface area contributed by atoms with E-state index in [-0.39, 0.29) is 12.6 Å². The fraction of sp³-hybridized carbons (Fsp3) is 0.273. The zero-order valence-electron chi connectivity index (χ0n) is 16.6. The van der Waals surface area contributed by atoms with Gasteiger partial charge >= 0.3 is 17.8 Å². The second-order valence-electron chi connectivity index (χ2n) is 7.18. The van der Waals surface area contributed by atoms with Crippen LogP contribution in [0.4, 0.5) is 4.79 Å². The number of aryl methyl sites for hydroxylation is 2. The number of rotatable bonds is 6. The molecule has 7 nitrogen and oxygen atoms in total. The fourth-order valence-electron chi connectivity index (χ4n) is 3.14. The van der Waals surface area contributed by atoms with Crippen LogP contribution in [0.25, 0.3) is 0 Å². The van der Waals surface area contributed by atoms with Crippen molar-refractivity contribution in [2.24, 2.45) is 0 Å². The molecule has 29 heavy (non-hydrogen) atoms. The highest BCUT2D eigenvalue weighted by Gasteiger charge is 2.45. The fourth-order valence-corrected chi connectivity index (χ4v) is 3.14. The molecule has 0 aliphatic carbocycles. The number of nitrogens with zero attached hydrogens (tertiary/aromatic N) is 2. The molecule has 5 amide bonds. The molecule has 0 radical (unpaired) electrons. The number of benzene rings is 2. The highest BCUT2D eigenvalue weighted by Crippen LogP contribution is 2.18. The molecule has 1 atom stereocenters. The van der Waals surface area contributed by atoms with Crippen molar-refractivity contribution in [3.8, 4) is 0 Å². The monoisotopic (exact) mass is 393 g/mol. The molecule has 1 aliphatic rings.